The zero-order valence-electron chi connectivity index (χ0n) is 15.8. The van der Waals surface area contributed by atoms with Gasteiger partial charge in [0.15, 0.2) is 0 Å². The van der Waals surface area contributed by atoms with E-state index in [0.29, 0.717) is 16.5 Å². The number of hydrogen-bond donors (Lipinski definition) is 0. The second kappa shape index (κ2) is 7.52. The lowest BCUT2D eigenvalue weighted by molar-refractivity contribution is 0.369. The van der Waals surface area contributed by atoms with Crippen molar-refractivity contribution in [3.63, 3.8) is 0 Å². The largest absolute Gasteiger partial charge is 0.337 e. The minimum absolute atomic E-state index is 0.00233. The van der Waals surface area contributed by atoms with Crippen LogP contribution in [-0.4, -0.2) is 19.3 Å². The van der Waals surface area contributed by atoms with Gasteiger partial charge in [0.25, 0.3) is 0 Å². The zero-order valence-corrected chi connectivity index (χ0v) is 16.6. The van der Waals surface area contributed by atoms with Gasteiger partial charge in [-0.25, -0.2) is 0 Å². The highest BCUT2D eigenvalue weighted by Crippen LogP contribution is 2.18. The summed E-state index contributed by atoms with van der Waals surface area (Å²) in [4.78, 5) is 29.5. The molecule has 29 heavy (non-hydrogen) atoms. The fraction of sp³-hybridized carbons (Fsp3) is 0.143. The van der Waals surface area contributed by atoms with Gasteiger partial charge < -0.3 is 4.52 Å². The molecule has 0 unspecified atom stereocenters. The topological polar surface area (TPSA) is 82.9 Å². The Morgan fingerprint density at radius 2 is 1.66 bits per heavy atom. The number of aryl methyl sites for hydroxylation is 2. The van der Waals surface area contributed by atoms with Crippen LogP contribution in [0.4, 0.5) is 0 Å². The predicted molar refractivity (Wildman–Crippen MR) is 110 cm³/mol. The van der Waals surface area contributed by atoms with Gasteiger partial charge in [0, 0.05) is 28.7 Å². The summed E-state index contributed by atoms with van der Waals surface area (Å²) in [7, 11) is 0. The number of benzene rings is 2. The molecule has 0 saturated heterocycles. The lowest BCUT2D eigenvalue weighted by atomic mass is 10.1. The van der Waals surface area contributed by atoms with Crippen LogP contribution in [-0.2, 0) is 6.54 Å². The first-order valence-electron chi connectivity index (χ1n) is 8.90. The average Bonchev–Trinajstić information content (AvgIpc) is 3.14. The summed E-state index contributed by atoms with van der Waals surface area (Å²) in [6.45, 7) is 3.88. The molecule has 0 aliphatic rings. The molecule has 0 N–H and O–H groups in total. The van der Waals surface area contributed by atoms with E-state index in [1.165, 1.54) is 15.3 Å². The maximum Gasteiger partial charge on any atom is 0.320 e. The van der Waals surface area contributed by atoms with E-state index >= 15 is 0 Å². The van der Waals surface area contributed by atoms with Gasteiger partial charge in [-0.05, 0) is 61.4 Å². The number of hydrogen-bond acceptors (Lipinski definition) is 5. The maximum atomic E-state index is 12.6. The fourth-order valence-electron chi connectivity index (χ4n) is 3.11. The highest BCUT2D eigenvalue weighted by Gasteiger charge is 2.13. The highest BCUT2D eigenvalue weighted by atomic mass is 35.5. The van der Waals surface area contributed by atoms with Crippen molar-refractivity contribution in [2.75, 3.05) is 0 Å². The van der Waals surface area contributed by atoms with Crippen LogP contribution in [0.3, 0.4) is 0 Å². The van der Waals surface area contributed by atoms with E-state index in [9.17, 15) is 9.59 Å². The van der Waals surface area contributed by atoms with Crippen LogP contribution in [0.5, 0.6) is 0 Å². The van der Waals surface area contributed by atoms with Gasteiger partial charge >= 0.3 is 11.1 Å². The van der Waals surface area contributed by atoms with Crippen LogP contribution >= 0.6 is 11.6 Å². The summed E-state index contributed by atoms with van der Waals surface area (Å²) >= 11 is 5.88. The molecule has 8 heteroatoms. The van der Waals surface area contributed by atoms with E-state index in [2.05, 4.69) is 10.1 Å². The van der Waals surface area contributed by atoms with Crippen molar-refractivity contribution in [2.45, 2.75) is 20.4 Å². The third kappa shape index (κ3) is 3.90. The molecule has 0 aliphatic heterocycles. The quantitative estimate of drug-likeness (QED) is 0.483. The van der Waals surface area contributed by atoms with Gasteiger partial charge in [0.05, 0.1) is 0 Å². The molecule has 0 atom stereocenters. The van der Waals surface area contributed by atoms with Crippen molar-refractivity contribution < 1.29 is 4.52 Å². The second-order valence-electron chi connectivity index (χ2n) is 6.77. The van der Waals surface area contributed by atoms with Crippen LogP contribution in [0.2, 0.25) is 5.02 Å². The summed E-state index contributed by atoms with van der Waals surface area (Å²) in [6, 6.07) is 12.7. The Bertz CT molecular complexity index is 1280. The summed E-state index contributed by atoms with van der Waals surface area (Å²) < 4.78 is 7.82. The van der Waals surface area contributed by atoms with Crippen LogP contribution in [0.15, 0.2) is 69.0 Å². The molecule has 146 valence electrons. The lowest BCUT2D eigenvalue weighted by Gasteiger charge is -2.09. The van der Waals surface area contributed by atoms with E-state index in [1.807, 2.05) is 32.0 Å². The summed E-state index contributed by atoms with van der Waals surface area (Å²) in [5, 5.41) is 4.53. The number of rotatable bonds is 4. The molecule has 0 amide bonds. The Hall–Kier alpha value is -3.45. The van der Waals surface area contributed by atoms with Gasteiger partial charge in [0.1, 0.15) is 6.54 Å². The Kier molecular flexibility index (Phi) is 4.90. The van der Waals surface area contributed by atoms with Crippen molar-refractivity contribution >= 4 is 11.6 Å². The van der Waals surface area contributed by atoms with Crippen molar-refractivity contribution in [2.24, 2.45) is 0 Å². The molecule has 2 aromatic heterocycles. The highest BCUT2D eigenvalue weighted by molar-refractivity contribution is 6.30. The van der Waals surface area contributed by atoms with E-state index < -0.39 is 11.1 Å². The molecule has 0 aliphatic carbocycles. The molecule has 4 aromatic rings. The summed E-state index contributed by atoms with van der Waals surface area (Å²) in [5.41, 5.74) is 2.10. The van der Waals surface area contributed by atoms with Crippen LogP contribution < -0.4 is 11.1 Å². The molecule has 0 saturated carbocycles. The molecular weight excluding hydrogens is 392 g/mol. The van der Waals surface area contributed by atoms with E-state index in [4.69, 9.17) is 16.1 Å². The number of nitrogens with zero attached hydrogens (tertiary/aromatic N) is 4. The zero-order chi connectivity index (χ0) is 20.5. The minimum Gasteiger partial charge on any atom is -0.337 e. The Labute approximate surface area is 170 Å². The van der Waals surface area contributed by atoms with Gasteiger partial charge in [-0.3, -0.25) is 18.7 Å². The molecule has 2 aromatic carbocycles. The van der Waals surface area contributed by atoms with Crippen LogP contribution in [0.1, 0.15) is 17.0 Å². The van der Waals surface area contributed by atoms with Gasteiger partial charge in [-0.15, -0.1) is 0 Å². The molecule has 0 radical (unpaired) electrons. The first kappa shape index (κ1) is 18.9. The van der Waals surface area contributed by atoms with Crippen LogP contribution in [0.25, 0.3) is 17.1 Å². The monoisotopic (exact) mass is 408 g/mol. The van der Waals surface area contributed by atoms with Gasteiger partial charge in [0.2, 0.25) is 11.7 Å². The van der Waals surface area contributed by atoms with Crippen molar-refractivity contribution in [1.82, 2.24) is 19.3 Å². The van der Waals surface area contributed by atoms with Gasteiger partial charge in [-0.2, -0.15) is 4.98 Å². The fourth-order valence-corrected chi connectivity index (χ4v) is 3.23. The molecule has 0 fully saturated rings. The molecule has 0 bridgehead atoms. The number of aromatic nitrogens is 4. The summed E-state index contributed by atoms with van der Waals surface area (Å²) in [5.74, 6) is 0.605. The maximum absolute atomic E-state index is 12.6. The van der Waals surface area contributed by atoms with E-state index in [0.717, 1.165) is 16.7 Å². The van der Waals surface area contributed by atoms with Crippen molar-refractivity contribution in [3.8, 4) is 17.1 Å². The molecule has 4 rings (SSSR count). The van der Waals surface area contributed by atoms with E-state index in [-0.39, 0.29) is 12.4 Å². The Morgan fingerprint density at radius 3 is 2.34 bits per heavy atom. The second-order valence-corrected chi connectivity index (χ2v) is 7.21. The SMILES string of the molecule is Cc1cc(C)cc(-n2ccn(Cc3nc(-c4ccc(Cl)cc4)no3)c(=O)c2=O)c1. The molecular formula is C21H17ClN4O3. The molecule has 0 spiro atoms. The lowest BCUT2D eigenvalue weighted by Crippen LogP contribution is -2.40. The molecule has 2 heterocycles. The normalized spacial score (nSPS) is 11.0. The average molecular weight is 409 g/mol. The predicted octanol–water partition coefficient (Wildman–Crippen LogP) is 3.37. The molecule has 7 nitrogen and oxygen atoms in total. The van der Waals surface area contributed by atoms with Crippen LogP contribution in [0, 0.1) is 13.8 Å². The van der Waals surface area contributed by atoms with Gasteiger partial charge in [-0.1, -0.05) is 22.8 Å². The summed E-state index contributed by atoms with van der Waals surface area (Å²) in [6.07, 6.45) is 3.10. The van der Waals surface area contributed by atoms with E-state index in [1.54, 1.807) is 30.5 Å². The third-order valence-electron chi connectivity index (χ3n) is 4.42. The smallest absolute Gasteiger partial charge is 0.320 e. The third-order valence-corrected chi connectivity index (χ3v) is 4.67. The van der Waals surface area contributed by atoms with Crippen molar-refractivity contribution in [3.05, 3.63) is 97.6 Å². The minimum atomic E-state index is -0.669. The Balaban J connectivity index is 1.64. The first-order chi connectivity index (χ1) is 13.9. The first-order valence-corrected chi connectivity index (χ1v) is 9.28. The van der Waals surface area contributed by atoms with Crippen molar-refractivity contribution in [1.29, 1.82) is 0 Å². The number of halogens is 1. The standard InChI is InChI=1S/C21H17ClN4O3/c1-13-9-14(2)11-17(10-13)26-8-7-25(20(27)21(26)28)12-18-23-19(24-29-18)15-3-5-16(22)6-4-15/h3-11H,12H2,1-2H3. The Morgan fingerprint density at radius 1 is 0.966 bits per heavy atom.